The van der Waals surface area contributed by atoms with E-state index in [1.807, 2.05) is 36.4 Å². The molecule has 0 fully saturated rings. The van der Waals surface area contributed by atoms with Crippen molar-refractivity contribution in [3.05, 3.63) is 64.7 Å². The summed E-state index contributed by atoms with van der Waals surface area (Å²) in [5.41, 5.74) is 2.76. The number of hydrogen-bond donors (Lipinski definition) is 1. The Morgan fingerprint density at radius 3 is 2.68 bits per heavy atom. The van der Waals surface area contributed by atoms with Gasteiger partial charge in [-0.3, -0.25) is 0 Å². The molecule has 2 rings (SSSR count). The zero-order valence-electron chi connectivity index (χ0n) is 10.7. The van der Waals surface area contributed by atoms with Crippen molar-refractivity contribution in [3.8, 4) is 6.07 Å². The fourth-order valence-electron chi connectivity index (χ4n) is 2.02. The van der Waals surface area contributed by atoms with Crippen LogP contribution in [0.5, 0.6) is 0 Å². The van der Waals surface area contributed by atoms with Crippen molar-refractivity contribution >= 4 is 17.3 Å². The van der Waals surface area contributed by atoms with Gasteiger partial charge in [-0.05, 0) is 42.3 Å². The summed E-state index contributed by atoms with van der Waals surface area (Å²) >= 11 is 6.03. The molecular weight excluding hydrogens is 256 g/mol. The van der Waals surface area contributed by atoms with E-state index >= 15 is 0 Å². The van der Waals surface area contributed by atoms with E-state index in [1.54, 1.807) is 6.07 Å². The average molecular weight is 271 g/mol. The van der Waals surface area contributed by atoms with E-state index in [0.717, 1.165) is 22.7 Å². The van der Waals surface area contributed by atoms with E-state index in [-0.39, 0.29) is 6.04 Å². The molecular formula is C16H15ClN2. The molecule has 0 spiro atoms. The highest BCUT2D eigenvalue weighted by Gasteiger charge is 2.09. The zero-order valence-corrected chi connectivity index (χ0v) is 11.5. The quantitative estimate of drug-likeness (QED) is 0.868. The second-order valence-electron chi connectivity index (χ2n) is 4.35. The van der Waals surface area contributed by atoms with Crippen LogP contribution >= 0.6 is 11.6 Å². The first-order chi connectivity index (χ1) is 9.22. The molecule has 1 N–H and O–H groups in total. The average Bonchev–Trinajstić information content (AvgIpc) is 2.45. The molecule has 96 valence electrons. The molecule has 2 aromatic carbocycles. The SMILES string of the molecule is CCC(Nc1cccc(C#N)c1)c1cccc(Cl)c1. The van der Waals surface area contributed by atoms with Gasteiger partial charge in [0.05, 0.1) is 17.7 Å². The lowest BCUT2D eigenvalue weighted by Gasteiger charge is -2.19. The third kappa shape index (κ3) is 3.49. The summed E-state index contributed by atoms with van der Waals surface area (Å²) < 4.78 is 0. The minimum atomic E-state index is 0.188. The van der Waals surface area contributed by atoms with E-state index in [0.29, 0.717) is 5.56 Å². The lowest BCUT2D eigenvalue weighted by Crippen LogP contribution is -2.09. The summed E-state index contributed by atoms with van der Waals surface area (Å²) in [6.07, 6.45) is 0.942. The highest BCUT2D eigenvalue weighted by molar-refractivity contribution is 6.30. The molecule has 19 heavy (non-hydrogen) atoms. The summed E-state index contributed by atoms with van der Waals surface area (Å²) in [5.74, 6) is 0. The van der Waals surface area contributed by atoms with Gasteiger partial charge in [-0.1, -0.05) is 36.7 Å². The molecule has 0 heterocycles. The van der Waals surface area contributed by atoms with E-state index in [4.69, 9.17) is 16.9 Å². The summed E-state index contributed by atoms with van der Waals surface area (Å²) in [7, 11) is 0. The third-order valence-corrected chi connectivity index (χ3v) is 3.23. The van der Waals surface area contributed by atoms with Crippen LogP contribution in [0.15, 0.2) is 48.5 Å². The molecule has 0 aromatic heterocycles. The number of benzene rings is 2. The van der Waals surface area contributed by atoms with Crippen molar-refractivity contribution in [1.82, 2.24) is 0 Å². The summed E-state index contributed by atoms with van der Waals surface area (Å²) in [5, 5.41) is 13.1. The lowest BCUT2D eigenvalue weighted by molar-refractivity contribution is 0.749. The van der Waals surface area contributed by atoms with Gasteiger partial charge in [-0.15, -0.1) is 0 Å². The molecule has 0 saturated heterocycles. The van der Waals surface area contributed by atoms with Crippen LogP contribution in [0.2, 0.25) is 5.02 Å². The van der Waals surface area contributed by atoms with Crippen molar-refractivity contribution in [2.24, 2.45) is 0 Å². The fourth-order valence-corrected chi connectivity index (χ4v) is 2.22. The Balaban J connectivity index is 2.21. The van der Waals surface area contributed by atoms with Crippen molar-refractivity contribution in [2.75, 3.05) is 5.32 Å². The first-order valence-corrected chi connectivity index (χ1v) is 6.63. The minimum absolute atomic E-state index is 0.188. The number of nitrogens with zero attached hydrogens (tertiary/aromatic N) is 1. The molecule has 0 bridgehead atoms. The Labute approximate surface area is 118 Å². The number of rotatable bonds is 4. The highest BCUT2D eigenvalue weighted by atomic mass is 35.5. The van der Waals surface area contributed by atoms with Gasteiger partial charge in [0.2, 0.25) is 0 Å². The normalized spacial score (nSPS) is 11.6. The Morgan fingerprint density at radius 2 is 2.00 bits per heavy atom. The lowest BCUT2D eigenvalue weighted by atomic mass is 10.0. The van der Waals surface area contributed by atoms with Crippen molar-refractivity contribution in [1.29, 1.82) is 5.26 Å². The maximum absolute atomic E-state index is 8.91. The predicted molar refractivity (Wildman–Crippen MR) is 79.3 cm³/mol. The molecule has 0 aliphatic rings. The second kappa shape index (κ2) is 6.26. The number of anilines is 1. The smallest absolute Gasteiger partial charge is 0.0992 e. The predicted octanol–water partition coefficient (Wildman–Crippen LogP) is 4.77. The van der Waals surface area contributed by atoms with Crippen LogP contribution in [-0.4, -0.2) is 0 Å². The summed E-state index contributed by atoms with van der Waals surface area (Å²) in [6.45, 7) is 2.12. The van der Waals surface area contributed by atoms with Gasteiger partial charge in [0.15, 0.2) is 0 Å². The highest BCUT2D eigenvalue weighted by Crippen LogP contribution is 2.25. The van der Waals surface area contributed by atoms with Gasteiger partial charge < -0.3 is 5.32 Å². The van der Waals surface area contributed by atoms with Crippen LogP contribution in [0.4, 0.5) is 5.69 Å². The largest absolute Gasteiger partial charge is 0.378 e. The summed E-state index contributed by atoms with van der Waals surface area (Å²) in [4.78, 5) is 0. The van der Waals surface area contributed by atoms with E-state index in [1.165, 1.54) is 0 Å². The van der Waals surface area contributed by atoms with Crippen LogP contribution in [0.1, 0.15) is 30.5 Å². The van der Waals surface area contributed by atoms with Crippen molar-refractivity contribution < 1.29 is 0 Å². The number of hydrogen-bond acceptors (Lipinski definition) is 2. The maximum atomic E-state index is 8.91. The Kier molecular flexibility index (Phi) is 4.43. The van der Waals surface area contributed by atoms with Crippen LogP contribution in [0.25, 0.3) is 0 Å². The molecule has 2 nitrogen and oxygen atoms in total. The van der Waals surface area contributed by atoms with E-state index < -0.39 is 0 Å². The number of halogens is 1. The van der Waals surface area contributed by atoms with Gasteiger partial charge >= 0.3 is 0 Å². The van der Waals surface area contributed by atoms with Gasteiger partial charge in [0.1, 0.15) is 0 Å². The minimum Gasteiger partial charge on any atom is -0.378 e. The van der Waals surface area contributed by atoms with Crippen LogP contribution in [0, 0.1) is 11.3 Å². The summed E-state index contributed by atoms with van der Waals surface area (Å²) in [6, 6.07) is 17.7. The molecule has 2 aromatic rings. The monoisotopic (exact) mass is 270 g/mol. The molecule has 0 saturated carbocycles. The maximum Gasteiger partial charge on any atom is 0.0992 e. The van der Waals surface area contributed by atoms with Gasteiger partial charge in [-0.25, -0.2) is 0 Å². The number of nitriles is 1. The zero-order chi connectivity index (χ0) is 13.7. The Bertz CT molecular complexity index is 602. The van der Waals surface area contributed by atoms with Gasteiger partial charge in [0.25, 0.3) is 0 Å². The molecule has 1 unspecified atom stereocenters. The van der Waals surface area contributed by atoms with E-state index in [9.17, 15) is 0 Å². The Hall–Kier alpha value is -1.98. The first kappa shape index (κ1) is 13.5. The van der Waals surface area contributed by atoms with Gasteiger partial charge in [0, 0.05) is 10.7 Å². The van der Waals surface area contributed by atoms with Crippen LogP contribution < -0.4 is 5.32 Å². The van der Waals surface area contributed by atoms with Crippen molar-refractivity contribution in [2.45, 2.75) is 19.4 Å². The Morgan fingerprint density at radius 1 is 1.21 bits per heavy atom. The van der Waals surface area contributed by atoms with Gasteiger partial charge in [-0.2, -0.15) is 5.26 Å². The molecule has 0 aliphatic heterocycles. The topological polar surface area (TPSA) is 35.8 Å². The van der Waals surface area contributed by atoms with E-state index in [2.05, 4.69) is 24.4 Å². The fraction of sp³-hybridized carbons (Fsp3) is 0.188. The molecule has 0 radical (unpaired) electrons. The van der Waals surface area contributed by atoms with Crippen LogP contribution in [-0.2, 0) is 0 Å². The molecule has 0 aliphatic carbocycles. The third-order valence-electron chi connectivity index (χ3n) is 2.99. The van der Waals surface area contributed by atoms with Crippen LogP contribution in [0.3, 0.4) is 0 Å². The van der Waals surface area contributed by atoms with Crippen molar-refractivity contribution in [3.63, 3.8) is 0 Å². The standard InChI is InChI=1S/C16H15ClN2/c1-2-16(13-6-4-7-14(17)10-13)19-15-8-3-5-12(9-15)11-18/h3-10,16,19H,2H2,1H3. The molecule has 3 heteroatoms. The molecule has 1 atom stereocenters. The molecule has 0 amide bonds. The first-order valence-electron chi connectivity index (χ1n) is 6.25. The second-order valence-corrected chi connectivity index (χ2v) is 4.79. The number of nitrogens with one attached hydrogen (secondary N) is 1.